The van der Waals surface area contributed by atoms with Gasteiger partial charge >= 0.3 is 18.3 Å². The monoisotopic (exact) mass is 556 g/mol. The lowest BCUT2D eigenvalue weighted by molar-refractivity contribution is -0.0936. The predicted octanol–water partition coefficient (Wildman–Crippen LogP) is 5.07. The van der Waals surface area contributed by atoms with Crippen LogP contribution in [0.2, 0.25) is 0 Å². The Bertz CT molecular complexity index is 1030. The first-order valence-electron chi connectivity index (χ1n) is 12.8. The third-order valence-electron chi connectivity index (χ3n) is 6.05. The summed E-state index contributed by atoms with van der Waals surface area (Å²) in [4.78, 5) is 39.9. The molecule has 1 N–H and O–H groups in total. The SMILES string of the molecule is COc1ccc(C[C@@H]2[C@H](OC(=O)NC3CC(F)(F)C3)[C@@H](OC(=O)OC(C)(C)C)CN2C(=O)OC(C)(C)C)cc1. The Morgan fingerprint density at radius 3 is 2.08 bits per heavy atom. The summed E-state index contributed by atoms with van der Waals surface area (Å²) in [6.45, 7) is 9.99. The van der Waals surface area contributed by atoms with Crippen LogP contribution in [-0.4, -0.2) is 78.3 Å². The summed E-state index contributed by atoms with van der Waals surface area (Å²) < 4.78 is 53.8. The molecule has 12 heteroatoms. The Hall–Kier alpha value is -3.31. The van der Waals surface area contributed by atoms with Crippen LogP contribution in [0.1, 0.15) is 59.9 Å². The normalized spacial score (nSPS) is 22.9. The summed E-state index contributed by atoms with van der Waals surface area (Å²) in [5.74, 6) is -2.21. The van der Waals surface area contributed by atoms with Crippen LogP contribution < -0.4 is 10.1 Å². The minimum absolute atomic E-state index is 0.144. The molecular formula is C27H38F2N2O8. The maximum Gasteiger partial charge on any atom is 0.509 e. The predicted molar refractivity (Wildman–Crippen MR) is 136 cm³/mol. The minimum atomic E-state index is -2.84. The molecule has 1 aromatic rings. The van der Waals surface area contributed by atoms with Gasteiger partial charge in [-0.25, -0.2) is 23.2 Å². The number of carbonyl (C=O) groups is 3. The van der Waals surface area contributed by atoms with Gasteiger partial charge in [-0.1, -0.05) is 12.1 Å². The van der Waals surface area contributed by atoms with E-state index in [9.17, 15) is 23.2 Å². The van der Waals surface area contributed by atoms with Crippen molar-refractivity contribution in [2.45, 2.75) is 102 Å². The smallest absolute Gasteiger partial charge is 0.497 e. The average molecular weight is 557 g/mol. The van der Waals surface area contributed by atoms with Gasteiger partial charge in [-0.05, 0) is 65.7 Å². The second-order valence-corrected chi connectivity index (χ2v) is 11.8. The summed E-state index contributed by atoms with van der Waals surface area (Å²) in [7, 11) is 1.54. The highest BCUT2D eigenvalue weighted by atomic mass is 19.3. The van der Waals surface area contributed by atoms with Crippen molar-refractivity contribution in [2.24, 2.45) is 0 Å². The molecule has 0 unspecified atom stereocenters. The van der Waals surface area contributed by atoms with Crippen molar-refractivity contribution >= 4 is 18.3 Å². The number of alkyl halides is 2. The van der Waals surface area contributed by atoms with E-state index < -0.39 is 72.6 Å². The van der Waals surface area contributed by atoms with Gasteiger partial charge in [-0.2, -0.15) is 0 Å². The number of nitrogens with one attached hydrogen (secondary N) is 1. The fourth-order valence-corrected chi connectivity index (χ4v) is 4.36. The molecule has 0 bridgehead atoms. The molecule has 1 saturated carbocycles. The standard InChI is InChI=1S/C27H38F2N2O8/c1-25(2,3)38-23(33)31-15-20(36-24(34)39-26(4,5)6)21(37-22(32)30-17-13-27(28,29)14-17)19(31)12-16-8-10-18(35-7)11-9-16/h8-11,17,19-21H,12-15H2,1-7H3,(H,30,32)/t19-,20+,21+/m1/s1. The second-order valence-electron chi connectivity index (χ2n) is 11.8. The van der Waals surface area contributed by atoms with Crippen LogP contribution in [0.4, 0.5) is 23.2 Å². The van der Waals surface area contributed by atoms with Gasteiger partial charge < -0.3 is 29.0 Å². The number of likely N-dealkylation sites (tertiary alicyclic amines) is 1. The van der Waals surface area contributed by atoms with Crippen molar-refractivity contribution in [3.8, 4) is 5.75 Å². The second kappa shape index (κ2) is 11.4. The van der Waals surface area contributed by atoms with Gasteiger partial charge in [-0.15, -0.1) is 0 Å². The van der Waals surface area contributed by atoms with Gasteiger partial charge in [0.1, 0.15) is 17.0 Å². The van der Waals surface area contributed by atoms with Crippen LogP contribution in [0.15, 0.2) is 24.3 Å². The van der Waals surface area contributed by atoms with Crippen molar-refractivity contribution in [2.75, 3.05) is 13.7 Å². The van der Waals surface area contributed by atoms with Crippen molar-refractivity contribution in [1.29, 1.82) is 0 Å². The fourth-order valence-electron chi connectivity index (χ4n) is 4.36. The number of rotatable bonds is 6. The zero-order chi connectivity index (χ0) is 29.2. The molecule has 0 radical (unpaired) electrons. The van der Waals surface area contributed by atoms with E-state index >= 15 is 0 Å². The van der Waals surface area contributed by atoms with Gasteiger partial charge in [0.2, 0.25) is 0 Å². The summed E-state index contributed by atoms with van der Waals surface area (Å²) in [6.07, 6.45) is -5.69. The number of ether oxygens (including phenoxy) is 5. The number of methoxy groups -OCH3 is 1. The number of amides is 2. The van der Waals surface area contributed by atoms with Gasteiger partial charge in [0, 0.05) is 18.9 Å². The van der Waals surface area contributed by atoms with Gasteiger partial charge in [0.25, 0.3) is 5.92 Å². The third kappa shape index (κ3) is 8.86. The van der Waals surface area contributed by atoms with E-state index in [4.69, 9.17) is 23.7 Å². The highest BCUT2D eigenvalue weighted by Gasteiger charge is 2.51. The first-order valence-corrected chi connectivity index (χ1v) is 12.8. The maximum atomic E-state index is 13.3. The van der Waals surface area contributed by atoms with Crippen LogP contribution in [0.5, 0.6) is 5.75 Å². The third-order valence-corrected chi connectivity index (χ3v) is 6.05. The maximum absolute atomic E-state index is 13.3. The number of halogens is 2. The quantitative estimate of drug-likeness (QED) is 0.382. The van der Waals surface area contributed by atoms with E-state index in [1.807, 2.05) is 0 Å². The molecule has 2 aliphatic rings. The molecule has 0 spiro atoms. The number of alkyl carbamates (subject to hydrolysis) is 1. The number of nitrogens with zero attached hydrogens (tertiary/aromatic N) is 1. The molecule has 3 rings (SSSR count). The van der Waals surface area contributed by atoms with Crippen molar-refractivity contribution in [3.63, 3.8) is 0 Å². The molecule has 3 atom stereocenters. The molecule has 1 aliphatic carbocycles. The zero-order valence-corrected chi connectivity index (χ0v) is 23.4. The molecule has 39 heavy (non-hydrogen) atoms. The van der Waals surface area contributed by atoms with Crippen LogP contribution in [0.25, 0.3) is 0 Å². The molecule has 1 heterocycles. The number of hydrogen-bond donors (Lipinski definition) is 1. The Balaban J connectivity index is 1.88. The van der Waals surface area contributed by atoms with Gasteiger partial charge in [0.15, 0.2) is 12.2 Å². The number of benzene rings is 1. The highest BCUT2D eigenvalue weighted by molar-refractivity contribution is 5.71. The largest absolute Gasteiger partial charge is 0.509 e. The first kappa shape index (κ1) is 30.2. The molecule has 1 aliphatic heterocycles. The summed E-state index contributed by atoms with van der Waals surface area (Å²) in [5, 5.41) is 2.43. The summed E-state index contributed by atoms with van der Waals surface area (Å²) >= 11 is 0. The lowest BCUT2D eigenvalue weighted by Gasteiger charge is -2.35. The summed E-state index contributed by atoms with van der Waals surface area (Å²) in [6, 6.07) is 5.52. The fraction of sp³-hybridized carbons (Fsp3) is 0.667. The molecule has 2 fully saturated rings. The van der Waals surface area contributed by atoms with Crippen molar-refractivity contribution in [1.82, 2.24) is 10.2 Å². The van der Waals surface area contributed by atoms with E-state index in [1.165, 1.54) is 12.0 Å². The Labute approximate surface area is 227 Å². The molecular weight excluding hydrogens is 518 g/mol. The average Bonchev–Trinajstić information content (AvgIpc) is 3.07. The summed E-state index contributed by atoms with van der Waals surface area (Å²) in [5.41, 5.74) is -0.902. The van der Waals surface area contributed by atoms with E-state index in [0.29, 0.717) is 5.75 Å². The lowest BCUT2D eigenvalue weighted by atomic mass is 9.88. The Kier molecular flexibility index (Phi) is 8.86. The minimum Gasteiger partial charge on any atom is -0.497 e. The van der Waals surface area contributed by atoms with Crippen LogP contribution >= 0.6 is 0 Å². The van der Waals surface area contributed by atoms with Crippen LogP contribution in [0.3, 0.4) is 0 Å². The van der Waals surface area contributed by atoms with Crippen LogP contribution in [0, 0.1) is 0 Å². The van der Waals surface area contributed by atoms with Gasteiger partial charge in [0.05, 0.1) is 19.7 Å². The molecule has 1 aromatic carbocycles. The van der Waals surface area contributed by atoms with E-state index in [0.717, 1.165) is 5.56 Å². The molecule has 10 nitrogen and oxygen atoms in total. The first-order chi connectivity index (χ1) is 17.9. The molecule has 218 valence electrons. The molecule has 1 saturated heterocycles. The Morgan fingerprint density at radius 1 is 0.974 bits per heavy atom. The molecule has 0 aromatic heterocycles. The highest BCUT2D eigenvalue weighted by Crippen LogP contribution is 2.37. The van der Waals surface area contributed by atoms with E-state index in [1.54, 1.807) is 65.8 Å². The number of hydrogen-bond acceptors (Lipinski definition) is 8. The topological polar surface area (TPSA) is 113 Å². The Morgan fingerprint density at radius 2 is 1.56 bits per heavy atom. The van der Waals surface area contributed by atoms with Crippen molar-refractivity contribution in [3.05, 3.63) is 29.8 Å². The van der Waals surface area contributed by atoms with E-state index in [2.05, 4.69) is 5.32 Å². The number of carbonyl (C=O) groups excluding carboxylic acids is 3. The lowest BCUT2D eigenvalue weighted by Crippen LogP contribution is -2.52. The van der Waals surface area contributed by atoms with Crippen molar-refractivity contribution < 1.29 is 46.8 Å². The van der Waals surface area contributed by atoms with E-state index in [-0.39, 0.29) is 13.0 Å². The molecule has 2 amide bonds. The zero-order valence-electron chi connectivity index (χ0n) is 23.4. The van der Waals surface area contributed by atoms with Gasteiger partial charge in [-0.3, -0.25) is 4.90 Å². The van der Waals surface area contributed by atoms with Crippen LogP contribution in [-0.2, 0) is 25.4 Å².